The normalized spacial score (nSPS) is 11.1. The first-order valence-corrected chi connectivity index (χ1v) is 16.8. The third-order valence-electron chi connectivity index (χ3n) is 8.25. The standard InChI is InChI=1S/C41H28N6O.Pt/c1-45-29-46(39-24-9-8-23-38(39)45)32-17-10-18-33(25-32)47(34-19-11-20-35(26-34)48-41-43-27-42-28-44-41)40-36(30-13-4-2-5-14-30)21-12-22-37(40)31-15-6-3-7-16-31;/h2-24,27-28H,1H3;/q-2;. The number of aromatic nitrogens is 5. The molecule has 0 radical (unpaired) electrons. The molecule has 2 heterocycles. The number of ether oxygens (including phenoxy) is 1. The van der Waals surface area contributed by atoms with Crippen LogP contribution in [0.4, 0.5) is 17.1 Å². The molecule has 0 amide bonds. The van der Waals surface area contributed by atoms with E-state index in [0.717, 1.165) is 59.8 Å². The third kappa shape index (κ3) is 5.90. The molecular weight excluding hydrogens is 788 g/mol. The van der Waals surface area contributed by atoms with Gasteiger partial charge in [0, 0.05) is 0 Å². The van der Waals surface area contributed by atoms with Gasteiger partial charge >= 0.3 is 278 Å². The van der Waals surface area contributed by atoms with Crippen LogP contribution in [0, 0.1) is 15.9 Å². The third-order valence-corrected chi connectivity index (χ3v) is 9.52. The molecule has 2 aromatic heterocycles. The molecule has 240 valence electrons. The molecule has 0 aliphatic heterocycles. The van der Waals surface area contributed by atoms with E-state index in [-0.39, 0.29) is 6.01 Å². The van der Waals surface area contributed by atoms with Crippen LogP contribution >= 0.6 is 0 Å². The summed E-state index contributed by atoms with van der Waals surface area (Å²) < 4.78 is 11.6. The molecule has 0 bridgehead atoms. The summed E-state index contributed by atoms with van der Waals surface area (Å²) in [5.74, 6) is 0.474. The summed E-state index contributed by atoms with van der Waals surface area (Å²) >= 11 is 2.39. The molecule has 8 aromatic rings. The SMILES string of the molecule is Cn1[c](=[Pt])n(-c2[c-]c(N(c3[c-]c(Oc4ncncn4)ccc3)c3c(-c4ccccc4)cccc3-c3ccccc3)ccc2)c2ccccc21. The Balaban J connectivity index is 1.40. The van der Waals surface area contributed by atoms with E-state index in [1.165, 1.54) is 12.7 Å². The van der Waals surface area contributed by atoms with Crippen molar-refractivity contribution < 1.29 is 24.1 Å². The molecule has 0 N–H and O–H groups in total. The van der Waals surface area contributed by atoms with Crippen LogP contribution < -0.4 is 9.64 Å². The molecular formula is C41H28N6OPt-2. The number of anilines is 3. The predicted octanol–water partition coefficient (Wildman–Crippen LogP) is 9.43. The van der Waals surface area contributed by atoms with Gasteiger partial charge in [0.2, 0.25) is 0 Å². The van der Waals surface area contributed by atoms with E-state index in [4.69, 9.17) is 4.74 Å². The van der Waals surface area contributed by atoms with Gasteiger partial charge in [0.1, 0.15) is 12.7 Å². The van der Waals surface area contributed by atoms with Crippen LogP contribution in [0.5, 0.6) is 11.8 Å². The van der Waals surface area contributed by atoms with Crippen LogP contribution in [0.2, 0.25) is 0 Å². The summed E-state index contributed by atoms with van der Waals surface area (Å²) in [6.45, 7) is 0. The summed E-state index contributed by atoms with van der Waals surface area (Å²) in [4.78, 5) is 14.5. The van der Waals surface area contributed by atoms with Crippen LogP contribution in [0.1, 0.15) is 0 Å². The molecule has 0 atom stereocenters. The Hall–Kier alpha value is -5.91. The number of rotatable bonds is 8. The van der Waals surface area contributed by atoms with Gasteiger partial charge in [-0.3, -0.25) is 0 Å². The fourth-order valence-corrected chi connectivity index (χ4v) is 6.88. The van der Waals surface area contributed by atoms with Crippen LogP contribution in [0.3, 0.4) is 0 Å². The molecule has 7 nitrogen and oxygen atoms in total. The Morgan fingerprint density at radius 2 is 1.18 bits per heavy atom. The van der Waals surface area contributed by atoms with Crippen LogP contribution in [0.15, 0.2) is 152 Å². The van der Waals surface area contributed by atoms with Gasteiger partial charge in [-0.15, -0.1) is 0 Å². The maximum absolute atomic E-state index is 6.07. The molecule has 6 aromatic carbocycles. The topological polar surface area (TPSA) is 61.0 Å². The van der Waals surface area contributed by atoms with Crippen molar-refractivity contribution in [1.82, 2.24) is 24.1 Å². The number of nitrogens with zero attached hydrogens (tertiary/aromatic N) is 6. The first kappa shape index (κ1) is 30.4. The summed E-state index contributed by atoms with van der Waals surface area (Å²) in [5, 5.41) is 0. The summed E-state index contributed by atoms with van der Waals surface area (Å²) in [7, 11) is 2.09. The van der Waals surface area contributed by atoms with Gasteiger partial charge in [-0.1, -0.05) is 0 Å². The number of fused-ring (bicyclic) bond motifs is 1. The van der Waals surface area contributed by atoms with Crippen LogP contribution in [-0.4, -0.2) is 24.1 Å². The first-order valence-electron chi connectivity index (χ1n) is 15.7. The Morgan fingerprint density at radius 3 is 1.86 bits per heavy atom. The maximum atomic E-state index is 6.07. The van der Waals surface area contributed by atoms with E-state index < -0.39 is 0 Å². The second-order valence-corrected chi connectivity index (χ2v) is 12.3. The Labute approximate surface area is 294 Å². The summed E-state index contributed by atoms with van der Waals surface area (Å²) in [6, 6.07) is 55.4. The van der Waals surface area contributed by atoms with Gasteiger partial charge in [-0.05, 0) is 0 Å². The molecule has 0 spiro atoms. The fourth-order valence-electron chi connectivity index (χ4n) is 6.06. The number of aryl methyl sites for hydroxylation is 1. The zero-order chi connectivity index (χ0) is 33.2. The Kier molecular flexibility index (Phi) is 8.26. The van der Waals surface area contributed by atoms with Gasteiger partial charge in [-0.2, -0.15) is 0 Å². The Bertz CT molecular complexity index is 2400. The molecule has 0 unspecified atom stereocenters. The zero-order valence-corrected chi connectivity index (χ0v) is 28.6. The van der Waals surface area contributed by atoms with Crippen molar-refractivity contribution in [2.75, 3.05) is 4.90 Å². The van der Waals surface area contributed by atoms with E-state index in [1.807, 2.05) is 30.3 Å². The molecule has 49 heavy (non-hydrogen) atoms. The minimum absolute atomic E-state index is 0.195. The average molecular weight is 816 g/mol. The van der Waals surface area contributed by atoms with Crippen molar-refractivity contribution in [3.8, 4) is 39.7 Å². The second-order valence-electron chi connectivity index (χ2n) is 11.2. The number of hydrogen-bond acceptors (Lipinski definition) is 5. The predicted molar refractivity (Wildman–Crippen MR) is 189 cm³/mol. The molecule has 0 aliphatic carbocycles. The van der Waals surface area contributed by atoms with E-state index in [1.54, 1.807) is 0 Å². The van der Waals surface area contributed by atoms with E-state index in [0.29, 0.717) is 5.75 Å². The van der Waals surface area contributed by atoms with Gasteiger partial charge in [-0.25, -0.2) is 4.98 Å². The zero-order valence-electron chi connectivity index (χ0n) is 26.3. The Morgan fingerprint density at radius 1 is 0.612 bits per heavy atom. The molecule has 0 saturated heterocycles. The van der Waals surface area contributed by atoms with Gasteiger partial charge < -0.3 is 0 Å². The van der Waals surface area contributed by atoms with Crippen molar-refractivity contribution >= 4 is 28.1 Å². The molecule has 0 saturated carbocycles. The number of hydrogen-bond donors (Lipinski definition) is 0. The molecule has 8 rings (SSSR count). The van der Waals surface area contributed by atoms with Crippen molar-refractivity contribution in [1.29, 1.82) is 0 Å². The molecule has 0 fully saturated rings. The fraction of sp³-hybridized carbons (Fsp3) is 0.0244. The van der Waals surface area contributed by atoms with Crippen molar-refractivity contribution in [3.63, 3.8) is 0 Å². The van der Waals surface area contributed by atoms with E-state index in [2.05, 4.69) is 177 Å². The van der Waals surface area contributed by atoms with E-state index in [9.17, 15) is 0 Å². The van der Waals surface area contributed by atoms with Crippen molar-refractivity contribution in [2.45, 2.75) is 0 Å². The summed E-state index contributed by atoms with van der Waals surface area (Å²) in [6.07, 6.45) is 2.82. The quantitative estimate of drug-likeness (QED) is 0.143. The van der Waals surface area contributed by atoms with Gasteiger partial charge in [0.15, 0.2) is 0 Å². The van der Waals surface area contributed by atoms with Gasteiger partial charge in [0.05, 0.1) is 0 Å². The van der Waals surface area contributed by atoms with Crippen LogP contribution in [0.25, 0.3) is 39.0 Å². The van der Waals surface area contributed by atoms with Crippen molar-refractivity contribution in [3.05, 3.63) is 168 Å². The minimum atomic E-state index is 0.195. The number of imidazole rings is 1. The average Bonchev–Trinajstić information content (AvgIpc) is 3.42. The molecule has 0 aliphatic rings. The number of benzene rings is 6. The first-order chi connectivity index (χ1) is 24.2. The second kappa shape index (κ2) is 13.3. The van der Waals surface area contributed by atoms with Gasteiger partial charge in [0.25, 0.3) is 0 Å². The van der Waals surface area contributed by atoms with E-state index >= 15 is 0 Å². The monoisotopic (exact) mass is 815 g/mol. The summed E-state index contributed by atoms with van der Waals surface area (Å²) in [5.41, 5.74) is 10.0. The number of para-hydroxylation sites is 3. The van der Waals surface area contributed by atoms with Crippen molar-refractivity contribution in [2.24, 2.45) is 7.05 Å². The molecule has 8 heteroatoms. The van der Waals surface area contributed by atoms with Crippen LogP contribution in [-0.2, 0) is 26.4 Å².